The molecule has 0 saturated heterocycles. The van der Waals surface area contributed by atoms with Crippen molar-refractivity contribution in [2.75, 3.05) is 4.90 Å². The zero-order valence-electron chi connectivity index (χ0n) is 30.6. The highest BCUT2D eigenvalue weighted by atomic mass is 15.1. The molecule has 2 aliphatic carbocycles. The molecule has 7 aromatic carbocycles. The molecular formula is C52H43N. The Balaban J connectivity index is 1.32. The minimum atomic E-state index is -0.367. The van der Waals surface area contributed by atoms with Crippen LogP contribution in [0.3, 0.4) is 0 Å². The fourth-order valence-electron chi connectivity index (χ4n) is 9.17. The molecule has 0 fully saturated rings. The highest BCUT2D eigenvalue weighted by Crippen LogP contribution is 2.61. The van der Waals surface area contributed by atoms with Gasteiger partial charge >= 0.3 is 0 Å². The van der Waals surface area contributed by atoms with E-state index in [1.54, 1.807) is 0 Å². The molecule has 53 heavy (non-hydrogen) atoms. The molecule has 2 unspecified atom stereocenters. The summed E-state index contributed by atoms with van der Waals surface area (Å²) in [5, 5.41) is 0. The van der Waals surface area contributed by atoms with Gasteiger partial charge in [0, 0.05) is 22.9 Å². The normalized spacial score (nSPS) is 18.4. The fourth-order valence-corrected chi connectivity index (χ4v) is 9.17. The zero-order valence-corrected chi connectivity index (χ0v) is 30.6. The molecule has 256 valence electrons. The van der Waals surface area contributed by atoms with Crippen molar-refractivity contribution in [2.45, 2.75) is 26.2 Å². The summed E-state index contributed by atoms with van der Waals surface area (Å²) in [5.74, 6) is 0.583. The molecule has 9 rings (SSSR count). The van der Waals surface area contributed by atoms with Crippen molar-refractivity contribution < 1.29 is 0 Å². The summed E-state index contributed by atoms with van der Waals surface area (Å²) in [6.07, 6.45) is 9.29. The van der Waals surface area contributed by atoms with Crippen molar-refractivity contribution in [2.24, 2.45) is 11.8 Å². The summed E-state index contributed by atoms with van der Waals surface area (Å²) in [5.41, 5.74) is 17.2. The molecule has 2 aliphatic rings. The third-order valence-electron chi connectivity index (χ3n) is 11.6. The summed E-state index contributed by atoms with van der Waals surface area (Å²) in [6.45, 7) is 6.89. The summed E-state index contributed by atoms with van der Waals surface area (Å²) >= 11 is 0. The van der Waals surface area contributed by atoms with Gasteiger partial charge in [0.1, 0.15) is 0 Å². The lowest BCUT2D eigenvalue weighted by Gasteiger charge is -2.42. The van der Waals surface area contributed by atoms with E-state index in [2.05, 4.69) is 220 Å². The van der Waals surface area contributed by atoms with E-state index < -0.39 is 0 Å². The molecule has 0 spiro atoms. The van der Waals surface area contributed by atoms with Gasteiger partial charge in [0.25, 0.3) is 0 Å². The Hall–Kier alpha value is -6.18. The van der Waals surface area contributed by atoms with Crippen molar-refractivity contribution >= 4 is 17.1 Å². The predicted molar refractivity (Wildman–Crippen MR) is 224 cm³/mol. The van der Waals surface area contributed by atoms with Gasteiger partial charge in [-0.05, 0) is 106 Å². The lowest BCUT2D eigenvalue weighted by Crippen LogP contribution is -2.38. The number of aryl methyl sites for hydroxylation is 2. The highest BCUT2D eigenvalue weighted by Gasteiger charge is 2.51. The Bertz CT molecular complexity index is 2400. The maximum atomic E-state index is 2.53. The molecule has 0 heterocycles. The molecule has 0 bridgehead atoms. The number of fused-ring (bicyclic) bond motifs is 3. The molecule has 0 saturated carbocycles. The maximum absolute atomic E-state index is 2.53. The largest absolute Gasteiger partial charge is 0.309 e. The molecule has 3 atom stereocenters. The summed E-state index contributed by atoms with van der Waals surface area (Å²) in [7, 11) is 0. The maximum Gasteiger partial charge on any atom is 0.0543 e. The van der Waals surface area contributed by atoms with Gasteiger partial charge in [-0.1, -0.05) is 171 Å². The van der Waals surface area contributed by atoms with Gasteiger partial charge in [0.05, 0.1) is 11.1 Å². The molecular weight excluding hydrogens is 639 g/mol. The number of hydrogen-bond acceptors (Lipinski definition) is 1. The van der Waals surface area contributed by atoms with E-state index in [0.717, 1.165) is 0 Å². The summed E-state index contributed by atoms with van der Waals surface area (Å²) in [4.78, 5) is 2.53. The fraction of sp³-hybridized carbons (Fsp3) is 0.115. The summed E-state index contributed by atoms with van der Waals surface area (Å²) in [6, 6.07) is 62.7. The topological polar surface area (TPSA) is 3.24 Å². The van der Waals surface area contributed by atoms with Gasteiger partial charge in [-0.3, -0.25) is 0 Å². The molecule has 1 heteroatoms. The van der Waals surface area contributed by atoms with E-state index in [-0.39, 0.29) is 11.3 Å². The average Bonchev–Trinajstić information content (AvgIpc) is 3.52. The van der Waals surface area contributed by atoms with Crippen LogP contribution < -0.4 is 4.90 Å². The quantitative estimate of drug-likeness (QED) is 0.162. The zero-order chi connectivity index (χ0) is 35.9. The molecule has 1 nitrogen and oxygen atoms in total. The molecule has 7 aromatic rings. The van der Waals surface area contributed by atoms with Crippen LogP contribution in [-0.2, 0) is 5.41 Å². The second kappa shape index (κ2) is 13.4. The first-order chi connectivity index (χ1) is 26.1. The van der Waals surface area contributed by atoms with Crippen LogP contribution in [-0.4, -0.2) is 0 Å². The van der Waals surface area contributed by atoms with E-state index in [0.29, 0.717) is 5.92 Å². The van der Waals surface area contributed by atoms with Gasteiger partial charge in [0.2, 0.25) is 0 Å². The average molecular weight is 682 g/mol. The van der Waals surface area contributed by atoms with E-state index in [1.807, 2.05) is 0 Å². The number of nitrogens with zero attached hydrogens (tertiary/aromatic N) is 1. The number of rotatable bonds is 7. The second-order valence-corrected chi connectivity index (χ2v) is 14.6. The van der Waals surface area contributed by atoms with Crippen LogP contribution in [0.15, 0.2) is 194 Å². The molecule has 0 N–H and O–H groups in total. The van der Waals surface area contributed by atoms with Crippen molar-refractivity contribution in [1.29, 1.82) is 0 Å². The van der Waals surface area contributed by atoms with Crippen LogP contribution in [0.1, 0.15) is 34.7 Å². The number of hydrogen-bond donors (Lipinski definition) is 0. The van der Waals surface area contributed by atoms with Crippen LogP contribution in [0.2, 0.25) is 0 Å². The van der Waals surface area contributed by atoms with Crippen LogP contribution in [0.25, 0.3) is 33.4 Å². The van der Waals surface area contributed by atoms with Gasteiger partial charge in [0.15, 0.2) is 0 Å². The Labute approximate surface area is 314 Å². The third-order valence-corrected chi connectivity index (χ3v) is 11.6. The van der Waals surface area contributed by atoms with Crippen molar-refractivity contribution in [3.05, 3.63) is 222 Å². The number of anilines is 3. The van der Waals surface area contributed by atoms with Crippen LogP contribution in [0.5, 0.6) is 0 Å². The first-order valence-electron chi connectivity index (χ1n) is 18.8. The SMILES string of the molecule is Cc1cc(-c2ccccc2)ccc1N(c1ccc(-c2ccccc2)cc1C)c1cccc2c1-c1ccccc1C2(c1ccccc1)C1C=CC=C[C@@H]1C. The van der Waals surface area contributed by atoms with E-state index in [9.17, 15) is 0 Å². The highest BCUT2D eigenvalue weighted by molar-refractivity contribution is 5.97. The van der Waals surface area contributed by atoms with Gasteiger partial charge < -0.3 is 4.90 Å². The Morgan fingerprint density at radius 3 is 1.57 bits per heavy atom. The first-order valence-corrected chi connectivity index (χ1v) is 18.8. The smallest absolute Gasteiger partial charge is 0.0543 e. The molecule has 0 aromatic heterocycles. The van der Waals surface area contributed by atoms with E-state index in [1.165, 1.54) is 78.3 Å². The van der Waals surface area contributed by atoms with Crippen molar-refractivity contribution in [3.63, 3.8) is 0 Å². The first kappa shape index (κ1) is 32.7. The molecule has 0 amide bonds. The van der Waals surface area contributed by atoms with Crippen molar-refractivity contribution in [3.8, 4) is 33.4 Å². The van der Waals surface area contributed by atoms with E-state index >= 15 is 0 Å². The number of benzene rings is 7. The van der Waals surface area contributed by atoms with Gasteiger partial charge in [-0.2, -0.15) is 0 Å². The van der Waals surface area contributed by atoms with Gasteiger partial charge in [-0.25, -0.2) is 0 Å². The van der Waals surface area contributed by atoms with Gasteiger partial charge in [-0.15, -0.1) is 0 Å². The Morgan fingerprint density at radius 2 is 0.981 bits per heavy atom. The lowest BCUT2D eigenvalue weighted by molar-refractivity contribution is 0.374. The minimum absolute atomic E-state index is 0.236. The standard InChI is InChI=1S/C52H43N/c1-36-18-13-15-26-45(36)52(43-23-11-6-12-24-43)46-27-16-14-25-44(46)51-47(52)28-17-29-50(51)53(48-32-30-41(34-37(48)2)39-19-7-4-8-20-39)49-33-31-42(35-38(49)3)40-21-9-5-10-22-40/h4-36,45H,1-3H3/t36-,45?,52?/m0/s1. The van der Waals surface area contributed by atoms with Crippen LogP contribution >= 0.6 is 0 Å². The van der Waals surface area contributed by atoms with Crippen molar-refractivity contribution in [1.82, 2.24) is 0 Å². The number of allylic oxidation sites excluding steroid dienone is 4. The second-order valence-electron chi connectivity index (χ2n) is 14.6. The Kier molecular flexibility index (Phi) is 8.28. The Morgan fingerprint density at radius 1 is 0.453 bits per heavy atom. The monoisotopic (exact) mass is 681 g/mol. The molecule has 0 aliphatic heterocycles. The van der Waals surface area contributed by atoms with Crippen LogP contribution in [0.4, 0.5) is 17.1 Å². The van der Waals surface area contributed by atoms with Crippen LogP contribution in [0, 0.1) is 25.7 Å². The molecule has 0 radical (unpaired) electrons. The lowest BCUT2D eigenvalue weighted by atomic mass is 9.60. The predicted octanol–water partition coefficient (Wildman–Crippen LogP) is 13.8. The summed E-state index contributed by atoms with van der Waals surface area (Å²) < 4.78 is 0. The minimum Gasteiger partial charge on any atom is -0.309 e. The van der Waals surface area contributed by atoms with E-state index in [4.69, 9.17) is 0 Å². The third kappa shape index (κ3) is 5.39.